The molecule has 1 aromatic carbocycles. The van der Waals surface area contributed by atoms with E-state index in [2.05, 4.69) is 9.71 Å². The molecule has 18 heavy (non-hydrogen) atoms. The number of nitrogens with zero attached hydrogens (tertiary/aromatic N) is 1. The number of benzene rings is 1. The van der Waals surface area contributed by atoms with E-state index in [0.717, 1.165) is 6.07 Å². The van der Waals surface area contributed by atoms with Gasteiger partial charge in [-0.05, 0) is 30.3 Å². The second kappa shape index (κ2) is 4.61. The van der Waals surface area contributed by atoms with Crippen LogP contribution in [0.25, 0.3) is 0 Å². The lowest BCUT2D eigenvalue weighted by atomic mass is 10.3. The SMILES string of the molecule is Nc1cc(NS(=O)(=O)c2cccnc2)ccc1F. The fraction of sp³-hybridized carbons (Fsp3) is 0. The highest BCUT2D eigenvalue weighted by Gasteiger charge is 2.14. The molecule has 3 N–H and O–H groups in total. The maximum Gasteiger partial charge on any atom is 0.263 e. The number of halogens is 1. The Morgan fingerprint density at radius 3 is 2.67 bits per heavy atom. The molecule has 5 nitrogen and oxygen atoms in total. The van der Waals surface area contributed by atoms with Gasteiger partial charge in [-0.2, -0.15) is 0 Å². The topological polar surface area (TPSA) is 85.1 Å². The van der Waals surface area contributed by atoms with Gasteiger partial charge in [0.05, 0.1) is 11.4 Å². The summed E-state index contributed by atoms with van der Waals surface area (Å²) in [6.07, 6.45) is 2.68. The minimum Gasteiger partial charge on any atom is -0.396 e. The molecule has 1 aromatic heterocycles. The van der Waals surface area contributed by atoms with Crippen LogP contribution in [0.5, 0.6) is 0 Å². The van der Waals surface area contributed by atoms with E-state index in [-0.39, 0.29) is 16.3 Å². The predicted molar refractivity (Wildman–Crippen MR) is 65.9 cm³/mol. The van der Waals surface area contributed by atoms with Crippen molar-refractivity contribution >= 4 is 21.4 Å². The molecule has 0 aliphatic rings. The van der Waals surface area contributed by atoms with Crippen molar-refractivity contribution in [3.8, 4) is 0 Å². The third-order valence-corrected chi connectivity index (χ3v) is 3.56. The molecule has 0 spiro atoms. The van der Waals surface area contributed by atoms with Crippen molar-refractivity contribution in [1.82, 2.24) is 4.98 Å². The Labute approximate surface area is 104 Å². The Bertz CT molecular complexity index is 659. The van der Waals surface area contributed by atoms with Gasteiger partial charge in [0.2, 0.25) is 0 Å². The van der Waals surface area contributed by atoms with Crippen LogP contribution in [0, 0.1) is 5.82 Å². The maximum absolute atomic E-state index is 12.9. The normalized spacial score (nSPS) is 11.2. The van der Waals surface area contributed by atoms with Gasteiger partial charge in [0.15, 0.2) is 0 Å². The quantitative estimate of drug-likeness (QED) is 0.827. The largest absolute Gasteiger partial charge is 0.396 e. The summed E-state index contributed by atoms with van der Waals surface area (Å²) in [7, 11) is -3.73. The van der Waals surface area contributed by atoms with E-state index >= 15 is 0 Å². The summed E-state index contributed by atoms with van der Waals surface area (Å²) in [6.45, 7) is 0. The first-order valence-electron chi connectivity index (χ1n) is 4.97. The zero-order chi connectivity index (χ0) is 13.2. The Hall–Kier alpha value is -2.15. The third kappa shape index (κ3) is 2.57. The van der Waals surface area contributed by atoms with E-state index in [1.54, 1.807) is 0 Å². The highest BCUT2D eigenvalue weighted by molar-refractivity contribution is 7.92. The van der Waals surface area contributed by atoms with Crippen LogP contribution in [0.3, 0.4) is 0 Å². The minimum absolute atomic E-state index is 0.0212. The number of pyridine rings is 1. The van der Waals surface area contributed by atoms with Crippen molar-refractivity contribution in [2.24, 2.45) is 0 Å². The monoisotopic (exact) mass is 267 g/mol. The zero-order valence-corrected chi connectivity index (χ0v) is 9.99. The second-order valence-corrected chi connectivity index (χ2v) is 5.21. The molecule has 0 aliphatic heterocycles. The molecule has 7 heteroatoms. The number of nitrogens with one attached hydrogen (secondary N) is 1. The van der Waals surface area contributed by atoms with Gasteiger partial charge < -0.3 is 5.73 Å². The molecular weight excluding hydrogens is 257 g/mol. The highest BCUT2D eigenvalue weighted by Crippen LogP contribution is 2.19. The summed E-state index contributed by atoms with van der Waals surface area (Å²) in [6, 6.07) is 6.51. The molecule has 0 unspecified atom stereocenters. The van der Waals surface area contributed by atoms with Crippen LogP contribution >= 0.6 is 0 Å². The van der Waals surface area contributed by atoms with Crippen LogP contribution in [0.1, 0.15) is 0 Å². The maximum atomic E-state index is 12.9. The number of nitrogens with two attached hydrogens (primary N) is 1. The van der Waals surface area contributed by atoms with E-state index in [9.17, 15) is 12.8 Å². The molecule has 0 radical (unpaired) electrons. The first-order chi connectivity index (χ1) is 8.49. The number of hydrogen-bond donors (Lipinski definition) is 2. The standard InChI is InChI=1S/C11H10FN3O2S/c12-10-4-3-8(6-11(10)13)15-18(16,17)9-2-1-5-14-7-9/h1-7,15H,13H2. The van der Waals surface area contributed by atoms with Crippen molar-refractivity contribution in [2.45, 2.75) is 4.90 Å². The fourth-order valence-corrected chi connectivity index (χ4v) is 2.34. The van der Waals surface area contributed by atoms with Crippen LogP contribution in [0.15, 0.2) is 47.6 Å². The number of rotatable bonds is 3. The average Bonchev–Trinajstić information content (AvgIpc) is 2.35. The highest BCUT2D eigenvalue weighted by atomic mass is 32.2. The molecule has 2 aromatic rings. The van der Waals surface area contributed by atoms with Crippen molar-refractivity contribution in [3.05, 3.63) is 48.5 Å². The molecule has 0 fully saturated rings. The Morgan fingerprint density at radius 1 is 1.28 bits per heavy atom. The second-order valence-electron chi connectivity index (χ2n) is 3.53. The molecule has 0 atom stereocenters. The van der Waals surface area contributed by atoms with Crippen molar-refractivity contribution in [1.29, 1.82) is 0 Å². The van der Waals surface area contributed by atoms with Crippen LogP contribution in [0.2, 0.25) is 0 Å². The van der Waals surface area contributed by atoms with Gasteiger partial charge in [0.1, 0.15) is 10.7 Å². The summed E-state index contributed by atoms with van der Waals surface area (Å²) in [4.78, 5) is 3.74. The molecule has 0 bridgehead atoms. The number of anilines is 2. The predicted octanol–water partition coefficient (Wildman–Crippen LogP) is 1.60. The van der Waals surface area contributed by atoms with Gasteiger partial charge >= 0.3 is 0 Å². The molecule has 1 heterocycles. The summed E-state index contributed by atoms with van der Waals surface area (Å²) in [5.74, 6) is -0.598. The summed E-state index contributed by atoms with van der Waals surface area (Å²) in [5.41, 5.74) is 5.42. The van der Waals surface area contributed by atoms with Crippen LogP contribution in [0.4, 0.5) is 15.8 Å². The molecule has 0 saturated heterocycles. The van der Waals surface area contributed by atoms with Gasteiger partial charge in [0, 0.05) is 12.4 Å². The fourth-order valence-electron chi connectivity index (χ4n) is 1.33. The molecule has 94 valence electrons. The summed E-state index contributed by atoms with van der Waals surface area (Å²) < 4.78 is 39.1. The summed E-state index contributed by atoms with van der Waals surface area (Å²) >= 11 is 0. The molecule has 2 rings (SSSR count). The minimum atomic E-state index is -3.73. The van der Waals surface area contributed by atoms with Gasteiger partial charge in [-0.15, -0.1) is 0 Å². The molecular formula is C11H10FN3O2S. The lowest BCUT2D eigenvalue weighted by Gasteiger charge is -2.08. The van der Waals surface area contributed by atoms with Crippen molar-refractivity contribution in [3.63, 3.8) is 0 Å². The third-order valence-electron chi connectivity index (χ3n) is 2.19. The lowest BCUT2D eigenvalue weighted by Crippen LogP contribution is -2.13. The smallest absolute Gasteiger partial charge is 0.263 e. The number of aromatic nitrogens is 1. The molecule has 0 saturated carbocycles. The van der Waals surface area contributed by atoms with E-state index < -0.39 is 15.8 Å². The van der Waals surface area contributed by atoms with Gasteiger partial charge in [-0.25, -0.2) is 12.8 Å². The van der Waals surface area contributed by atoms with Crippen LogP contribution < -0.4 is 10.5 Å². The first-order valence-corrected chi connectivity index (χ1v) is 6.45. The number of hydrogen-bond acceptors (Lipinski definition) is 4. The lowest BCUT2D eigenvalue weighted by molar-refractivity contribution is 0.600. The van der Waals surface area contributed by atoms with Crippen molar-refractivity contribution in [2.75, 3.05) is 10.5 Å². The van der Waals surface area contributed by atoms with Crippen LogP contribution in [-0.4, -0.2) is 13.4 Å². The van der Waals surface area contributed by atoms with Gasteiger partial charge in [-0.3, -0.25) is 9.71 Å². The van der Waals surface area contributed by atoms with Crippen LogP contribution in [-0.2, 0) is 10.0 Å². The number of nitrogen functional groups attached to an aromatic ring is 1. The van der Waals surface area contributed by atoms with Gasteiger partial charge in [0.25, 0.3) is 10.0 Å². The summed E-state index contributed by atoms with van der Waals surface area (Å²) in [5, 5.41) is 0. The van der Waals surface area contributed by atoms with E-state index in [4.69, 9.17) is 5.73 Å². The molecule has 0 amide bonds. The number of sulfonamides is 1. The molecule has 0 aliphatic carbocycles. The zero-order valence-electron chi connectivity index (χ0n) is 9.17. The Morgan fingerprint density at radius 2 is 2.06 bits per heavy atom. The van der Waals surface area contributed by atoms with E-state index in [1.807, 2.05) is 0 Å². The van der Waals surface area contributed by atoms with E-state index in [1.165, 1.54) is 36.7 Å². The van der Waals surface area contributed by atoms with Crippen molar-refractivity contribution < 1.29 is 12.8 Å². The van der Waals surface area contributed by atoms with Gasteiger partial charge in [-0.1, -0.05) is 0 Å². The Kier molecular flexibility index (Phi) is 3.15. The Balaban J connectivity index is 2.31. The first kappa shape index (κ1) is 12.3. The van der Waals surface area contributed by atoms with E-state index in [0.29, 0.717) is 0 Å². The average molecular weight is 267 g/mol.